The van der Waals surface area contributed by atoms with Crippen molar-refractivity contribution in [3.63, 3.8) is 0 Å². The molecular formula is C27H28BrN3O3. The summed E-state index contributed by atoms with van der Waals surface area (Å²) in [7, 11) is 1.65. The zero-order valence-corrected chi connectivity index (χ0v) is 20.8. The van der Waals surface area contributed by atoms with Gasteiger partial charge in [-0.25, -0.2) is 4.98 Å². The predicted molar refractivity (Wildman–Crippen MR) is 138 cm³/mol. The molecule has 0 unspecified atom stereocenters. The summed E-state index contributed by atoms with van der Waals surface area (Å²) in [5, 5.41) is 3.01. The van der Waals surface area contributed by atoms with Crippen molar-refractivity contribution in [3.05, 3.63) is 88.7 Å². The minimum absolute atomic E-state index is 0.0857. The molecular weight excluding hydrogens is 494 g/mol. The quantitative estimate of drug-likeness (QED) is 0.259. The average Bonchev–Trinajstić information content (AvgIpc) is 3.21. The summed E-state index contributed by atoms with van der Waals surface area (Å²) < 4.78 is 14.4. The molecule has 4 aromatic rings. The molecule has 0 bridgehead atoms. The number of halogens is 1. The molecule has 1 heterocycles. The zero-order chi connectivity index (χ0) is 23.8. The van der Waals surface area contributed by atoms with Crippen molar-refractivity contribution in [1.82, 2.24) is 14.9 Å². The maximum Gasteiger partial charge on any atom is 0.251 e. The number of fused-ring (bicyclic) bond motifs is 1. The smallest absolute Gasteiger partial charge is 0.251 e. The second-order valence-corrected chi connectivity index (χ2v) is 8.81. The monoisotopic (exact) mass is 521 g/mol. The first-order valence-electron chi connectivity index (χ1n) is 11.4. The van der Waals surface area contributed by atoms with Crippen LogP contribution in [0, 0.1) is 0 Å². The lowest BCUT2D eigenvalue weighted by atomic mass is 10.2. The number of para-hydroxylation sites is 4. The molecule has 0 aliphatic carbocycles. The standard InChI is InChI=1S/C27H28BrN3O3/c1-33-24-13-4-5-14-25(24)34-18-7-6-17-31-23-12-3-2-11-22(23)30-26(31)15-16-29-27(32)20-9-8-10-21(28)19-20/h2-5,8-14,19H,6-7,15-18H2,1H3,(H,29,32). The third-order valence-corrected chi connectivity index (χ3v) is 6.05. The van der Waals surface area contributed by atoms with E-state index in [0.717, 1.165) is 52.2 Å². The number of ether oxygens (including phenoxy) is 2. The Kier molecular flexibility index (Phi) is 8.20. The number of amides is 1. The number of carbonyl (C=O) groups is 1. The van der Waals surface area contributed by atoms with Crippen molar-refractivity contribution in [2.45, 2.75) is 25.8 Å². The molecule has 0 fully saturated rings. The van der Waals surface area contributed by atoms with Gasteiger partial charge in [-0.05, 0) is 55.3 Å². The molecule has 0 aliphatic rings. The van der Waals surface area contributed by atoms with Crippen LogP contribution in [-0.2, 0) is 13.0 Å². The number of aromatic nitrogens is 2. The summed E-state index contributed by atoms with van der Waals surface area (Å²) in [6.45, 7) is 1.97. The Hall–Kier alpha value is -3.32. The molecule has 1 aromatic heterocycles. The Balaban J connectivity index is 1.34. The first-order valence-corrected chi connectivity index (χ1v) is 12.2. The van der Waals surface area contributed by atoms with Crippen LogP contribution < -0.4 is 14.8 Å². The summed E-state index contributed by atoms with van der Waals surface area (Å²) in [4.78, 5) is 17.3. The number of aryl methyl sites for hydroxylation is 1. The third kappa shape index (κ3) is 5.97. The fourth-order valence-electron chi connectivity index (χ4n) is 3.88. The lowest BCUT2D eigenvalue weighted by Crippen LogP contribution is -2.26. The highest BCUT2D eigenvalue weighted by Crippen LogP contribution is 2.26. The zero-order valence-electron chi connectivity index (χ0n) is 19.2. The van der Waals surface area contributed by atoms with Crippen LogP contribution in [-0.4, -0.2) is 35.7 Å². The molecule has 1 N–H and O–H groups in total. The van der Waals surface area contributed by atoms with Gasteiger partial charge in [0, 0.05) is 29.5 Å². The molecule has 4 rings (SSSR count). The lowest BCUT2D eigenvalue weighted by molar-refractivity contribution is 0.0954. The number of nitrogens with one attached hydrogen (secondary N) is 1. The fraction of sp³-hybridized carbons (Fsp3) is 0.259. The first kappa shape index (κ1) is 23.8. The van der Waals surface area contributed by atoms with Gasteiger partial charge in [0.2, 0.25) is 0 Å². The van der Waals surface area contributed by atoms with Crippen LogP contribution in [0.25, 0.3) is 11.0 Å². The molecule has 0 radical (unpaired) electrons. The molecule has 34 heavy (non-hydrogen) atoms. The number of carbonyl (C=O) groups excluding carboxylic acids is 1. The van der Waals surface area contributed by atoms with Gasteiger partial charge in [0.05, 0.1) is 24.8 Å². The van der Waals surface area contributed by atoms with Crippen LogP contribution in [0.3, 0.4) is 0 Å². The Bertz CT molecular complexity index is 1250. The maximum absolute atomic E-state index is 12.5. The topological polar surface area (TPSA) is 65.4 Å². The Labute approximate surface area is 208 Å². The molecule has 7 heteroatoms. The number of hydrogen-bond donors (Lipinski definition) is 1. The van der Waals surface area contributed by atoms with E-state index in [9.17, 15) is 4.79 Å². The van der Waals surface area contributed by atoms with E-state index >= 15 is 0 Å². The number of benzene rings is 3. The summed E-state index contributed by atoms with van der Waals surface area (Å²) in [6, 6.07) is 23.2. The normalized spacial score (nSPS) is 10.9. The van der Waals surface area contributed by atoms with Crippen molar-refractivity contribution in [1.29, 1.82) is 0 Å². The molecule has 176 valence electrons. The van der Waals surface area contributed by atoms with E-state index in [1.54, 1.807) is 7.11 Å². The van der Waals surface area contributed by atoms with Gasteiger partial charge in [-0.15, -0.1) is 0 Å². The molecule has 0 aliphatic heterocycles. The molecule has 0 saturated carbocycles. The van der Waals surface area contributed by atoms with Crippen molar-refractivity contribution in [2.24, 2.45) is 0 Å². The van der Waals surface area contributed by atoms with Crippen LogP contribution in [0.15, 0.2) is 77.3 Å². The van der Waals surface area contributed by atoms with E-state index in [-0.39, 0.29) is 5.91 Å². The Morgan fingerprint density at radius 3 is 2.62 bits per heavy atom. The van der Waals surface area contributed by atoms with Gasteiger partial charge in [-0.1, -0.05) is 46.3 Å². The van der Waals surface area contributed by atoms with E-state index in [4.69, 9.17) is 14.5 Å². The van der Waals surface area contributed by atoms with E-state index in [2.05, 4.69) is 31.9 Å². The van der Waals surface area contributed by atoms with Gasteiger partial charge >= 0.3 is 0 Å². The van der Waals surface area contributed by atoms with E-state index in [1.807, 2.05) is 66.7 Å². The number of rotatable bonds is 11. The average molecular weight is 522 g/mol. The second-order valence-electron chi connectivity index (χ2n) is 7.89. The number of methoxy groups -OCH3 is 1. The van der Waals surface area contributed by atoms with E-state index in [1.165, 1.54) is 0 Å². The van der Waals surface area contributed by atoms with Crippen molar-refractivity contribution < 1.29 is 14.3 Å². The van der Waals surface area contributed by atoms with Gasteiger partial charge in [-0.3, -0.25) is 4.79 Å². The maximum atomic E-state index is 12.5. The van der Waals surface area contributed by atoms with Crippen LogP contribution >= 0.6 is 15.9 Å². The molecule has 3 aromatic carbocycles. The first-order chi connectivity index (χ1) is 16.7. The Morgan fingerprint density at radius 2 is 1.79 bits per heavy atom. The van der Waals surface area contributed by atoms with Gasteiger partial charge in [0.1, 0.15) is 5.82 Å². The van der Waals surface area contributed by atoms with Crippen molar-refractivity contribution in [3.8, 4) is 11.5 Å². The summed E-state index contributed by atoms with van der Waals surface area (Å²) in [5.74, 6) is 2.40. The SMILES string of the molecule is COc1ccccc1OCCCCn1c(CCNC(=O)c2cccc(Br)c2)nc2ccccc21. The minimum Gasteiger partial charge on any atom is -0.493 e. The van der Waals surface area contributed by atoms with Crippen molar-refractivity contribution in [2.75, 3.05) is 20.3 Å². The molecule has 1 amide bonds. The van der Waals surface area contributed by atoms with Crippen molar-refractivity contribution >= 4 is 32.9 Å². The second kappa shape index (κ2) is 11.7. The number of imidazole rings is 1. The van der Waals surface area contributed by atoms with Gasteiger partial charge in [-0.2, -0.15) is 0 Å². The van der Waals surface area contributed by atoms with Crippen LogP contribution in [0.5, 0.6) is 11.5 Å². The largest absolute Gasteiger partial charge is 0.493 e. The molecule has 0 atom stereocenters. The fourth-order valence-corrected chi connectivity index (χ4v) is 4.28. The highest BCUT2D eigenvalue weighted by Gasteiger charge is 2.12. The lowest BCUT2D eigenvalue weighted by Gasteiger charge is -2.12. The summed E-state index contributed by atoms with van der Waals surface area (Å²) in [5.41, 5.74) is 2.72. The van der Waals surface area contributed by atoms with Gasteiger partial charge < -0.3 is 19.4 Å². The van der Waals surface area contributed by atoms with Crippen LogP contribution in [0.4, 0.5) is 0 Å². The molecule has 0 spiro atoms. The van der Waals surface area contributed by atoms with E-state index < -0.39 is 0 Å². The van der Waals surface area contributed by atoms with E-state index in [0.29, 0.717) is 25.1 Å². The summed E-state index contributed by atoms with van der Waals surface area (Å²) in [6.07, 6.45) is 2.52. The van der Waals surface area contributed by atoms with Gasteiger partial charge in [0.25, 0.3) is 5.91 Å². The highest BCUT2D eigenvalue weighted by molar-refractivity contribution is 9.10. The predicted octanol–water partition coefficient (Wildman–Crippen LogP) is 5.64. The number of hydrogen-bond acceptors (Lipinski definition) is 4. The highest BCUT2D eigenvalue weighted by atomic mass is 79.9. The molecule has 0 saturated heterocycles. The minimum atomic E-state index is -0.0857. The Morgan fingerprint density at radius 1 is 1.00 bits per heavy atom. The van der Waals surface area contributed by atoms with Crippen LogP contribution in [0.2, 0.25) is 0 Å². The van der Waals surface area contributed by atoms with Crippen LogP contribution in [0.1, 0.15) is 29.0 Å². The number of nitrogens with zero attached hydrogens (tertiary/aromatic N) is 2. The van der Waals surface area contributed by atoms with Gasteiger partial charge in [0.15, 0.2) is 11.5 Å². The number of unbranched alkanes of at least 4 members (excludes halogenated alkanes) is 1. The third-order valence-electron chi connectivity index (χ3n) is 5.56. The molecule has 6 nitrogen and oxygen atoms in total. The summed E-state index contributed by atoms with van der Waals surface area (Å²) >= 11 is 3.41.